The number of piperazine rings is 1. The van der Waals surface area contributed by atoms with Gasteiger partial charge in [0.15, 0.2) is 0 Å². The number of hydrogen-bond acceptors (Lipinski definition) is 3. The first kappa shape index (κ1) is 15.1. The predicted octanol–water partition coefficient (Wildman–Crippen LogP) is 1.97. The van der Waals surface area contributed by atoms with E-state index in [1.165, 1.54) is 0 Å². The Balaban J connectivity index is 1.91. The molecule has 2 N–H and O–H groups in total. The molecule has 0 spiro atoms. The van der Waals surface area contributed by atoms with Crippen molar-refractivity contribution in [3.05, 3.63) is 29.3 Å². The molecule has 0 radical (unpaired) electrons. The number of amides is 1. The summed E-state index contributed by atoms with van der Waals surface area (Å²) in [6.45, 7) is 5.75. The molecule has 0 aliphatic carbocycles. The average molecular weight is 296 g/mol. The molecule has 0 bridgehead atoms. The van der Waals surface area contributed by atoms with Gasteiger partial charge in [-0.25, -0.2) is 0 Å². The van der Waals surface area contributed by atoms with Gasteiger partial charge in [0.1, 0.15) is 0 Å². The third kappa shape index (κ3) is 3.64. The molecule has 1 unspecified atom stereocenters. The molecule has 1 aromatic carbocycles. The highest BCUT2D eigenvalue weighted by Crippen LogP contribution is 2.21. The Morgan fingerprint density at radius 3 is 2.65 bits per heavy atom. The Hall–Kier alpha value is -1.26. The van der Waals surface area contributed by atoms with Gasteiger partial charge in [0.2, 0.25) is 5.91 Å². The SMILES string of the molecule is CC(CCN)C(=O)N1CCN(c2cccc(Cl)c2)CC1. The molecule has 1 saturated heterocycles. The van der Waals surface area contributed by atoms with Crippen LogP contribution in [0.15, 0.2) is 24.3 Å². The molecule has 1 fully saturated rings. The van der Waals surface area contributed by atoms with E-state index < -0.39 is 0 Å². The lowest BCUT2D eigenvalue weighted by molar-refractivity contribution is -0.135. The molecule has 20 heavy (non-hydrogen) atoms. The fraction of sp³-hybridized carbons (Fsp3) is 0.533. The van der Waals surface area contributed by atoms with Crippen molar-refractivity contribution in [1.82, 2.24) is 4.90 Å². The van der Waals surface area contributed by atoms with E-state index in [0.717, 1.165) is 43.3 Å². The zero-order valence-corrected chi connectivity index (χ0v) is 12.6. The fourth-order valence-electron chi connectivity index (χ4n) is 2.54. The predicted molar refractivity (Wildman–Crippen MR) is 83.1 cm³/mol. The minimum absolute atomic E-state index is 0.0257. The van der Waals surface area contributed by atoms with Gasteiger partial charge in [-0.2, -0.15) is 0 Å². The zero-order chi connectivity index (χ0) is 14.5. The van der Waals surface area contributed by atoms with Crippen LogP contribution in [-0.4, -0.2) is 43.5 Å². The monoisotopic (exact) mass is 295 g/mol. The maximum absolute atomic E-state index is 12.2. The summed E-state index contributed by atoms with van der Waals surface area (Å²) in [5, 5.41) is 0.748. The summed E-state index contributed by atoms with van der Waals surface area (Å²) >= 11 is 6.02. The number of nitrogens with zero attached hydrogens (tertiary/aromatic N) is 2. The third-order valence-corrected chi connectivity index (χ3v) is 4.02. The second-order valence-corrected chi connectivity index (χ2v) is 5.71. The lowest BCUT2D eigenvalue weighted by Gasteiger charge is -2.37. The van der Waals surface area contributed by atoms with E-state index >= 15 is 0 Å². The summed E-state index contributed by atoms with van der Waals surface area (Å²) in [6, 6.07) is 7.86. The first-order chi connectivity index (χ1) is 9.61. The Morgan fingerprint density at radius 2 is 2.05 bits per heavy atom. The fourth-order valence-corrected chi connectivity index (χ4v) is 2.73. The molecule has 0 saturated carbocycles. The van der Waals surface area contributed by atoms with E-state index in [-0.39, 0.29) is 11.8 Å². The second-order valence-electron chi connectivity index (χ2n) is 5.27. The summed E-state index contributed by atoms with van der Waals surface area (Å²) in [4.78, 5) is 16.4. The molecule has 1 amide bonds. The van der Waals surface area contributed by atoms with Crippen molar-refractivity contribution in [2.75, 3.05) is 37.6 Å². The highest BCUT2D eigenvalue weighted by atomic mass is 35.5. The maximum Gasteiger partial charge on any atom is 0.225 e. The van der Waals surface area contributed by atoms with Crippen molar-refractivity contribution in [2.45, 2.75) is 13.3 Å². The van der Waals surface area contributed by atoms with Gasteiger partial charge in [0.05, 0.1) is 0 Å². The molecule has 1 aliphatic rings. The largest absolute Gasteiger partial charge is 0.368 e. The van der Waals surface area contributed by atoms with E-state index in [0.29, 0.717) is 6.54 Å². The normalized spacial score (nSPS) is 17.1. The van der Waals surface area contributed by atoms with Crippen molar-refractivity contribution in [3.63, 3.8) is 0 Å². The van der Waals surface area contributed by atoms with Crippen molar-refractivity contribution in [1.29, 1.82) is 0 Å². The summed E-state index contributed by atoms with van der Waals surface area (Å²) in [6.07, 6.45) is 0.757. The van der Waals surface area contributed by atoms with Crippen molar-refractivity contribution in [2.24, 2.45) is 11.7 Å². The molecule has 1 heterocycles. The van der Waals surface area contributed by atoms with Crippen LogP contribution in [-0.2, 0) is 4.79 Å². The minimum atomic E-state index is 0.0257. The van der Waals surface area contributed by atoms with Crippen LogP contribution < -0.4 is 10.6 Å². The minimum Gasteiger partial charge on any atom is -0.368 e. The van der Waals surface area contributed by atoms with E-state index in [9.17, 15) is 4.79 Å². The van der Waals surface area contributed by atoms with Gasteiger partial charge in [0, 0.05) is 42.8 Å². The van der Waals surface area contributed by atoms with Gasteiger partial charge in [-0.1, -0.05) is 24.6 Å². The van der Waals surface area contributed by atoms with Crippen LogP contribution in [0.1, 0.15) is 13.3 Å². The van der Waals surface area contributed by atoms with Gasteiger partial charge in [-0.15, -0.1) is 0 Å². The van der Waals surface area contributed by atoms with Crippen LogP contribution in [0.3, 0.4) is 0 Å². The lowest BCUT2D eigenvalue weighted by Crippen LogP contribution is -2.50. The van der Waals surface area contributed by atoms with Gasteiger partial charge in [-0.05, 0) is 31.2 Å². The number of carbonyl (C=O) groups excluding carboxylic acids is 1. The van der Waals surface area contributed by atoms with E-state index in [4.69, 9.17) is 17.3 Å². The highest BCUT2D eigenvalue weighted by molar-refractivity contribution is 6.30. The molecular weight excluding hydrogens is 274 g/mol. The Bertz CT molecular complexity index is 458. The van der Waals surface area contributed by atoms with E-state index in [1.54, 1.807) is 0 Å². The Labute approximate surface area is 125 Å². The number of nitrogens with two attached hydrogens (primary N) is 1. The molecule has 1 atom stereocenters. The van der Waals surface area contributed by atoms with Crippen LogP contribution in [0.5, 0.6) is 0 Å². The number of rotatable bonds is 4. The standard InChI is InChI=1S/C15H22ClN3O/c1-12(5-6-17)15(20)19-9-7-18(8-10-19)14-4-2-3-13(16)11-14/h2-4,11-12H,5-10,17H2,1H3. The number of anilines is 1. The summed E-state index contributed by atoms with van der Waals surface area (Å²) in [7, 11) is 0. The van der Waals surface area contributed by atoms with Crippen LogP contribution >= 0.6 is 11.6 Å². The maximum atomic E-state index is 12.2. The topological polar surface area (TPSA) is 49.6 Å². The molecule has 110 valence electrons. The highest BCUT2D eigenvalue weighted by Gasteiger charge is 2.24. The Morgan fingerprint density at radius 1 is 1.35 bits per heavy atom. The van der Waals surface area contributed by atoms with Crippen molar-refractivity contribution < 1.29 is 4.79 Å². The van der Waals surface area contributed by atoms with Gasteiger partial charge >= 0.3 is 0 Å². The van der Waals surface area contributed by atoms with Gasteiger partial charge in [0.25, 0.3) is 0 Å². The quantitative estimate of drug-likeness (QED) is 0.924. The van der Waals surface area contributed by atoms with Gasteiger partial charge < -0.3 is 15.5 Å². The molecular formula is C15H22ClN3O. The van der Waals surface area contributed by atoms with Crippen LogP contribution in [0.25, 0.3) is 0 Å². The molecule has 0 aromatic heterocycles. The van der Waals surface area contributed by atoms with Crippen LogP contribution in [0, 0.1) is 5.92 Å². The lowest BCUT2D eigenvalue weighted by atomic mass is 10.1. The first-order valence-electron chi connectivity index (χ1n) is 7.11. The summed E-state index contributed by atoms with van der Waals surface area (Å²) < 4.78 is 0. The second kappa shape index (κ2) is 6.95. The molecule has 1 aromatic rings. The van der Waals surface area contributed by atoms with E-state index in [1.807, 2.05) is 30.0 Å². The number of halogens is 1. The molecule has 5 heteroatoms. The molecule has 2 rings (SSSR count). The average Bonchev–Trinajstić information content (AvgIpc) is 2.47. The third-order valence-electron chi connectivity index (χ3n) is 3.79. The van der Waals surface area contributed by atoms with Gasteiger partial charge in [-0.3, -0.25) is 4.79 Å². The van der Waals surface area contributed by atoms with Crippen LogP contribution in [0.2, 0.25) is 5.02 Å². The first-order valence-corrected chi connectivity index (χ1v) is 7.49. The smallest absolute Gasteiger partial charge is 0.225 e. The van der Waals surface area contributed by atoms with E-state index in [2.05, 4.69) is 11.0 Å². The van der Waals surface area contributed by atoms with Crippen LogP contribution in [0.4, 0.5) is 5.69 Å². The Kier molecular flexibility index (Phi) is 5.26. The zero-order valence-electron chi connectivity index (χ0n) is 11.9. The molecule has 1 aliphatic heterocycles. The number of hydrogen-bond donors (Lipinski definition) is 1. The number of benzene rings is 1. The molecule has 4 nitrogen and oxygen atoms in total. The number of carbonyl (C=O) groups is 1. The van der Waals surface area contributed by atoms with Crippen molar-refractivity contribution in [3.8, 4) is 0 Å². The van der Waals surface area contributed by atoms with Crippen molar-refractivity contribution >= 4 is 23.2 Å². The summed E-state index contributed by atoms with van der Waals surface area (Å²) in [5.41, 5.74) is 6.64. The summed E-state index contributed by atoms with van der Waals surface area (Å²) in [5.74, 6) is 0.249.